The molecule has 1 saturated heterocycles. The second-order valence-corrected chi connectivity index (χ2v) is 5.21. The number of piperidine rings is 1. The van der Waals surface area contributed by atoms with Crippen LogP contribution in [0.4, 0.5) is 0 Å². The van der Waals surface area contributed by atoms with Crippen molar-refractivity contribution in [2.45, 2.75) is 31.8 Å². The van der Waals surface area contributed by atoms with Crippen molar-refractivity contribution in [2.75, 3.05) is 54.0 Å². The number of nitrogens with one attached hydrogen (secondary N) is 1. The van der Waals surface area contributed by atoms with Gasteiger partial charge in [-0.05, 0) is 46.6 Å². The molecule has 0 aromatic rings. The Morgan fingerprint density at radius 1 is 1.35 bits per heavy atom. The van der Waals surface area contributed by atoms with E-state index in [1.807, 2.05) is 0 Å². The Labute approximate surface area is 106 Å². The monoisotopic (exact) mass is 243 g/mol. The molecule has 0 spiro atoms. The number of hydrogen-bond donors (Lipinski definition) is 1. The molecule has 0 radical (unpaired) electrons. The number of methoxy groups -OCH3 is 1. The van der Waals surface area contributed by atoms with Crippen LogP contribution in [0.2, 0.25) is 0 Å². The zero-order chi connectivity index (χ0) is 12.7. The van der Waals surface area contributed by atoms with Crippen LogP contribution in [0.15, 0.2) is 0 Å². The van der Waals surface area contributed by atoms with Gasteiger partial charge in [0.15, 0.2) is 0 Å². The van der Waals surface area contributed by atoms with Crippen molar-refractivity contribution >= 4 is 0 Å². The summed E-state index contributed by atoms with van der Waals surface area (Å²) in [5, 5.41) is 3.49. The smallest absolute Gasteiger partial charge is 0.0628 e. The minimum Gasteiger partial charge on any atom is -0.383 e. The topological polar surface area (TPSA) is 27.7 Å². The van der Waals surface area contributed by atoms with Crippen LogP contribution < -0.4 is 5.32 Å². The third-order valence-corrected chi connectivity index (χ3v) is 3.63. The molecule has 1 fully saturated rings. The third kappa shape index (κ3) is 5.34. The molecule has 1 unspecified atom stereocenters. The van der Waals surface area contributed by atoms with E-state index in [-0.39, 0.29) is 0 Å². The van der Waals surface area contributed by atoms with Crippen LogP contribution in [0, 0.1) is 0 Å². The number of rotatable bonds is 7. The Hall–Kier alpha value is -0.160. The van der Waals surface area contributed by atoms with Crippen molar-refractivity contribution in [2.24, 2.45) is 0 Å². The van der Waals surface area contributed by atoms with E-state index in [2.05, 4.69) is 36.1 Å². The van der Waals surface area contributed by atoms with E-state index in [1.54, 1.807) is 7.11 Å². The van der Waals surface area contributed by atoms with Gasteiger partial charge < -0.3 is 19.9 Å². The molecule has 0 saturated carbocycles. The summed E-state index contributed by atoms with van der Waals surface area (Å²) < 4.78 is 5.26. The fourth-order valence-electron chi connectivity index (χ4n) is 2.60. The number of ether oxygens (including phenoxy) is 1. The van der Waals surface area contributed by atoms with Gasteiger partial charge in [0.1, 0.15) is 0 Å². The number of likely N-dealkylation sites (tertiary alicyclic amines) is 1. The summed E-state index contributed by atoms with van der Waals surface area (Å²) in [6, 6.07) is 1.24. The second-order valence-electron chi connectivity index (χ2n) is 5.21. The predicted octanol–water partition coefficient (Wildman–Crippen LogP) is 0.637. The molecular formula is C13H29N3O. The molecule has 0 aromatic carbocycles. The molecule has 0 aliphatic carbocycles. The van der Waals surface area contributed by atoms with E-state index in [4.69, 9.17) is 4.74 Å². The Kier molecular flexibility index (Phi) is 7.04. The molecule has 0 bridgehead atoms. The maximum Gasteiger partial charge on any atom is 0.0628 e. The second kappa shape index (κ2) is 8.03. The summed E-state index contributed by atoms with van der Waals surface area (Å²) in [7, 11) is 6.15. The quantitative estimate of drug-likeness (QED) is 0.710. The van der Waals surface area contributed by atoms with E-state index in [1.165, 1.54) is 25.9 Å². The lowest BCUT2D eigenvalue weighted by molar-refractivity contribution is 0.106. The van der Waals surface area contributed by atoms with Crippen LogP contribution in [0.3, 0.4) is 0 Å². The molecule has 17 heavy (non-hydrogen) atoms. The Morgan fingerprint density at radius 3 is 2.47 bits per heavy atom. The summed E-state index contributed by atoms with van der Waals surface area (Å²) >= 11 is 0. The van der Waals surface area contributed by atoms with Crippen LogP contribution >= 0.6 is 0 Å². The zero-order valence-corrected chi connectivity index (χ0v) is 11.9. The maximum atomic E-state index is 5.26. The van der Waals surface area contributed by atoms with E-state index >= 15 is 0 Å². The molecule has 1 aliphatic rings. The predicted molar refractivity (Wildman–Crippen MR) is 72.5 cm³/mol. The first-order valence-electron chi connectivity index (χ1n) is 6.78. The molecule has 102 valence electrons. The van der Waals surface area contributed by atoms with Crippen molar-refractivity contribution in [1.82, 2.24) is 15.1 Å². The lowest BCUT2D eigenvalue weighted by Gasteiger charge is -2.36. The Balaban J connectivity index is 2.27. The van der Waals surface area contributed by atoms with Gasteiger partial charge in [0.25, 0.3) is 0 Å². The number of nitrogens with zero attached hydrogens (tertiary/aromatic N) is 2. The largest absolute Gasteiger partial charge is 0.383 e. The van der Waals surface area contributed by atoms with Crippen LogP contribution in [-0.4, -0.2) is 75.9 Å². The molecule has 1 heterocycles. The van der Waals surface area contributed by atoms with Gasteiger partial charge in [0.05, 0.1) is 6.61 Å². The Morgan fingerprint density at radius 2 is 2.00 bits per heavy atom. The standard InChI is InChI=1S/C13H29N3O/c1-5-14-12(11-17-4)10-16-8-6-13(7-9-16)15(2)3/h12-14H,5-11H2,1-4H3. The summed E-state index contributed by atoms with van der Waals surface area (Å²) in [5.41, 5.74) is 0. The minimum atomic E-state index is 0.473. The Bertz CT molecular complexity index is 185. The van der Waals surface area contributed by atoms with E-state index in [0.29, 0.717) is 6.04 Å². The van der Waals surface area contributed by atoms with E-state index in [0.717, 1.165) is 25.7 Å². The van der Waals surface area contributed by atoms with Crippen molar-refractivity contribution < 1.29 is 4.74 Å². The summed E-state index contributed by atoms with van der Waals surface area (Å²) in [6.07, 6.45) is 2.58. The van der Waals surface area contributed by atoms with Crippen LogP contribution in [0.25, 0.3) is 0 Å². The van der Waals surface area contributed by atoms with Crippen molar-refractivity contribution in [3.05, 3.63) is 0 Å². The van der Waals surface area contributed by atoms with Crippen molar-refractivity contribution in [3.8, 4) is 0 Å². The number of likely N-dealkylation sites (N-methyl/N-ethyl adjacent to an activating group) is 1. The highest BCUT2D eigenvalue weighted by molar-refractivity contribution is 4.80. The van der Waals surface area contributed by atoms with E-state index < -0.39 is 0 Å². The molecule has 1 rings (SSSR count). The van der Waals surface area contributed by atoms with E-state index in [9.17, 15) is 0 Å². The van der Waals surface area contributed by atoms with Crippen LogP contribution in [0.1, 0.15) is 19.8 Å². The van der Waals surface area contributed by atoms with Gasteiger partial charge in [-0.15, -0.1) is 0 Å². The molecule has 4 nitrogen and oxygen atoms in total. The highest BCUT2D eigenvalue weighted by Gasteiger charge is 2.22. The molecule has 1 N–H and O–H groups in total. The SMILES string of the molecule is CCNC(COC)CN1CCC(N(C)C)CC1. The molecule has 0 aromatic heterocycles. The van der Waals surface area contributed by atoms with Crippen molar-refractivity contribution in [3.63, 3.8) is 0 Å². The average molecular weight is 243 g/mol. The first-order chi connectivity index (χ1) is 8.17. The average Bonchev–Trinajstić information content (AvgIpc) is 2.30. The normalized spacial score (nSPS) is 21.0. The van der Waals surface area contributed by atoms with Crippen LogP contribution in [0.5, 0.6) is 0 Å². The molecular weight excluding hydrogens is 214 g/mol. The third-order valence-electron chi connectivity index (χ3n) is 3.63. The highest BCUT2D eigenvalue weighted by atomic mass is 16.5. The summed E-state index contributed by atoms with van der Waals surface area (Å²) in [6.45, 7) is 7.52. The summed E-state index contributed by atoms with van der Waals surface area (Å²) in [4.78, 5) is 4.92. The fourth-order valence-corrected chi connectivity index (χ4v) is 2.60. The molecule has 1 atom stereocenters. The van der Waals surface area contributed by atoms with Gasteiger partial charge in [0.2, 0.25) is 0 Å². The van der Waals surface area contributed by atoms with Crippen LogP contribution in [-0.2, 0) is 4.74 Å². The lowest BCUT2D eigenvalue weighted by Crippen LogP contribution is -2.48. The molecule has 0 amide bonds. The van der Waals surface area contributed by atoms with Gasteiger partial charge in [-0.3, -0.25) is 0 Å². The lowest BCUT2D eigenvalue weighted by atomic mass is 10.0. The van der Waals surface area contributed by atoms with Gasteiger partial charge in [-0.1, -0.05) is 6.92 Å². The molecule has 1 aliphatic heterocycles. The van der Waals surface area contributed by atoms with Gasteiger partial charge >= 0.3 is 0 Å². The fraction of sp³-hybridized carbons (Fsp3) is 1.00. The van der Waals surface area contributed by atoms with Crippen molar-refractivity contribution in [1.29, 1.82) is 0 Å². The molecule has 4 heteroatoms. The summed E-state index contributed by atoms with van der Waals surface area (Å²) in [5.74, 6) is 0. The zero-order valence-electron chi connectivity index (χ0n) is 11.9. The highest BCUT2D eigenvalue weighted by Crippen LogP contribution is 2.14. The first-order valence-corrected chi connectivity index (χ1v) is 6.78. The van der Waals surface area contributed by atoms with Gasteiger partial charge in [0, 0.05) is 25.7 Å². The minimum absolute atomic E-state index is 0.473. The van der Waals surface area contributed by atoms with Gasteiger partial charge in [-0.2, -0.15) is 0 Å². The number of hydrogen-bond acceptors (Lipinski definition) is 4. The first kappa shape index (κ1) is 14.9. The maximum absolute atomic E-state index is 5.26. The van der Waals surface area contributed by atoms with Gasteiger partial charge in [-0.25, -0.2) is 0 Å².